The number of carbonyl (C=O) groups is 2. The van der Waals surface area contributed by atoms with Crippen molar-refractivity contribution in [3.8, 4) is 11.5 Å². The van der Waals surface area contributed by atoms with Crippen molar-refractivity contribution in [3.63, 3.8) is 0 Å². The first kappa shape index (κ1) is 20.4. The van der Waals surface area contributed by atoms with Crippen LogP contribution in [-0.2, 0) is 4.79 Å². The summed E-state index contributed by atoms with van der Waals surface area (Å²) in [5.41, 5.74) is 2.03. The van der Waals surface area contributed by atoms with E-state index in [1.54, 1.807) is 18.2 Å². The van der Waals surface area contributed by atoms with Crippen LogP contribution in [0.25, 0.3) is 0 Å². The van der Waals surface area contributed by atoms with Crippen molar-refractivity contribution in [3.05, 3.63) is 89.2 Å². The van der Waals surface area contributed by atoms with Crippen LogP contribution >= 0.6 is 0 Å². The summed E-state index contributed by atoms with van der Waals surface area (Å²) in [6, 6.07) is 17.5. The van der Waals surface area contributed by atoms with E-state index in [0.717, 1.165) is 5.56 Å². The molecular formula is C24H21FN2O4. The Balaban J connectivity index is 1.88. The number of hydrogen-bond acceptors (Lipinski definition) is 4. The van der Waals surface area contributed by atoms with Gasteiger partial charge in [0.15, 0.2) is 0 Å². The molecule has 0 fully saturated rings. The first-order valence-corrected chi connectivity index (χ1v) is 9.68. The number of fused-ring (bicyclic) bond motifs is 1. The van der Waals surface area contributed by atoms with Gasteiger partial charge < -0.3 is 19.7 Å². The fraction of sp³-hybridized carbons (Fsp3) is 0.167. The van der Waals surface area contributed by atoms with E-state index >= 15 is 0 Å². The SMILES string of the molecule is COc1cc(OC)cc(C(=O)N2CC(=O)Nc3ccc(F)cc3[C@@H]2c2ccccc2)c1. The van der Waals surface area contributed by atoms with Gasteiger partial charge in [0, 0.05) is 22.9 Å². The van der Waals surface area contributed by atoms with Crippen molar-refractivity contribution in [2.24, 2.45) is 0 Å². The Labute approximate surface area is 179 Å². The fourth-order valence-corrected chi connectivity index (χ4v) is 3.76. The number of rotatable bonds is 4. The van der Waals surface area contributed by atoms with Crippen LogP contribution < -0.4 is 14.8 Å². The molecular weight excluding hydrogens is 399 g/mol. The fourth-order valence-electron chi connectivity index (χ4n) is 3.76. The lowest BCUT2D eigenvalue weighted by Gasteiger charge is -2.31. The number of halogens is 1. The van der Waals surface area contributed by atoms with Gasteiger partial charge in [-0.1, -0.05) is 30.3 Å². The largest absolute Gasteiger partial charge is 0.497 e. The average molecular weight is 420 g/mol. The van der Waals surface area contributed by atoms with Crippen LogP contribution in [0.5, 0.6) is 11.5 Å². The van der Waals surface area contributed by atoms with Gasteiger partial charge >= 0.3 is 0 Å². The zero-order valence-corrected chi connectivity index (χ0v) is 17.1. The number of nitrogens with one attached hydrogen (secondary N) is 1. The molecule has 1 heterocycles. The van der Waals surface area contributed by atoms with Crippen LogP contribution in [0.2, 0.25) is 0 Å². The second kappa shape index (κ2) is 8.47. The van der Waals surface area contributed by atoms with Gasteiger partial charge in [0.05, 0.1) is 20.3 Å². The van der Waals surface area contributed by atoms with Crippen LogP contribution in [0, 0.1) is 5.82 Å². The molecule has 1 aliphatic heterocycles. The summed E-state index contributed by atoms with van der Waals surface area (Å²) in [5.74, 6) is -0.326. The monoisotopic (exact) mass is 420 g/mol. The first-order valence-electron chi connectivity index (χ1n) is 9.68. The summed E-state index contributed by atoms with van der Waals surface area (Å²) in [5, 5.41) is 2.78. The van der Waals surface area contributed by atoms with Crippen LogP contribution in [-0.4, -0.2) is 37.5 Å². The maximum absolute atomic E-state index is 14.2. The van der Waals surface area contributed by atoms with E-state index in [2.05, 4.69) is 5.32 Å². The minimum absolute atomic E-state index is 0.200. The smallest absolute Gasteiger partial charge is 0.255 e. The van der Waals surface area contributed by atoms with Gasteiger partial charge in [0.25, 0.3) is 5.91 Å². The van der Waals surface area contributed by atoms with E-state index in [0.29, 0.717) is 28.3 Å². The quantitative estimate of drug-likeness (QED) is 0.692. The maximum Gasteiger partial charge on any atom is 0.255 e. The molecule has 158 valence electrons. The van der Waals surface area contributed by atoms with E-state index in [1.807, 2.05) is 30.3 Å². The number of anilines is 1. The Morgan fingerprint density at radius 2 is 1.68 bits per heavy atom. The lowest BCUT2D eigenvalue weighted by Crippen LogP contribution is -2.39. The molecule has 0 unspecified atom stereocenters. The predicted octanol–water partition coefficient (Wildman–Crippen LogP) is 4.03. The zero-order chi connectivity index (χ0) is 22.0. The van der Waals surface area contributed by atoms with Gasteiger partial charge in [-0.25, -0.2) is 4.39 Å². The number of ether oxygens (including phenoxy) is 2. The van der Waals surface area contributed by atoms with Crippen LogP contribution in [0.15, 0.2) is 66.7 Å². The summed E-state index contributed by atoms with van der Waals surface area (Å²) in [7, 11) is 2.99. The Kier molecular flexibility index (Phi) is 5.58. The minimum atomic E-state index is -0.671. The van der Waals surface area contributed by atoms with Crippen LogP contribution in [0.3, 0.4) is 0 Å². The highest BCUT2D eigenvalue weighted by molar-refractivity contribution is 6.01. The molecule has 0 saturated heterocycles. The molecule has 31 heavy (non-hydrogen) atoms. The Hall–Kier alpha value is -3.87. The van der Waals surface area contributed by atoms with Crippen molar-refractivity contribution in [2.75, 3.05) is 26.1 Å². The number of amides is 2. The highest BCUT2D eigenvalue weighted by Crippen LogP contribution is 2.37. The number of nitrogens with zero attached hydrogens (tertiary/aromatic N) is 1. The zero-order valence-electron chi connectivity index (χ0n) is 17.1. The third-order valence-electron chi connectivity index (χ3n) is 5.18. The molecule has 0 bridgehead atoms. The molecule has 2 amide bonds. The topological polar surface area (TPSA) is 67.9 Å². The molecule has 0 spiro atoms. The molecule has 1 aliphatic rings. The van der Waals surface area contributed by atoms with Gasteiger partial charge in [0.2, 0.25) is 5.91 Å². The van der Waals surface area contributed by atoms with Crippen LogP contribution in [0.4, 0.5) is 10.1 Å². The molecule has 1 N–H and O–H groups in total. The summed E-state index contributed by atoms with van der Waals surface area (Å²) in [4.78, 5) is 27.7. The van der Waals surface area contributed by atoms with Crippen molar-refractivity contribution >= 4 is 17.5 Å². The van der Waals surface area contributed by atoms with Crippen molar-refractivity contribution < 1.29 is 23.5 Å². The summed E-state index contributed by atoms with van der Waals surface area (Å²) >= 11 is 0. The van der Waals surface area contributed by atoms with E-state index < -0.39 is 17.8 Å². The molecule has 0 aromatic heterocycles. The predicted molar refractivity (Wildman–Crippen MR) is 114 cm³/mol. The summed E-state index contributed by atoms with van der Waals surface area (Å²) in [6.45, 7) is -0.200. The Morgan fingerprint density at radius 3 is 2.32 bits per heavy atom. The van der Waals surface area contributed by atoms with Crippen molar-refractivity contribution in [2.45, 2.75) is 6.04 Å². The number of methoxy groups -OCH3 is 2. The van der Waals surface area contributed by atoms with Crippen molar-refractivity contribution in [1.82, 2.24) is 4.90 Å². The lowest BCUT2D eigenvalue weighted by molar-refractivity contribution is -0.117. The molecule has 6 nitrogen and oxygen atoms in total. The minimum Gasteiger partial charge on any atom is -0.497 e. The molecule has 0 aliphatic carbocycles. The summed E-state index contributed by atoms with van der Waals surface area (Å²) in [6.07, 6.45) is 0. The second-order valence-corrected chi connectivity index (χ2v) is 7.13. The second-order valence-electron chi connectivity index (χ2n) is 7.13. The third-order valence-corrected chi connectivity index (χ3v) is 5.18. The molecule has 0 saturated carbocycles. The number of hydrogen-bond donors (Lipinski definition) is 1. The molecule has 4 rings (SSSR count). The molecule has 1 atom stereocenters. The molecule has 7 heteroatoms. The van der Waals surface area contributed by atoms with E-state index in [4.69, 9.17) is 9.47 Å². The summed E-state index contributed by atoms with van der Waals surface area (Å²) < 4.78 is 24.8. The van der Waals surface area contributed by atoms with Gasteiger partial charge in [-0.15, -0.1) is 0 Å². The van der Waals surface area contributed by atoms with Crippen LogP contribution in [0.1, 0.15) is 27.5 Å². The number of benzene rings is 3. The van der Waals surface area contributed by atoms with Gasteiger partial charge in [-0.05, 0) is 35.9 Å². The standard InChI is InChI=1S/C24H21FN2O4/c1-30-18-10-16(11-19(13-18)31-2)24(29)27-14-22(28)26-21-9-8-17(25)12-20(21)23(27)15-6-4-3-5-7-15/h3-13,23H,14H2,1-2H3,(H,26,28)/t23-/m0/s1. The normalized spacial score (nSPS) is 15.5. The highest BCUT2D eigenvalue weighted by Gasteiger charge is 2.34. The Morgan fingerprint density at radius 1 is 1.00 bits per heavy atom. The third kappa shape index (κ3) is 4.07. The molecule has 3 aromatic carbocycles. The number of carbonyl (C=O) groups excluding carboxylic acids is 2. The van der Waals surface area contributed by atoms with E-state index in [-0.39, 0.29) is 12.5 Å². The Bertz CT molecular complexity index is 1110. The van der Waals surface area contributed by atoms with Gasteiger partial charge in [-0.2, -0.15) is 0 Å². The average Bonchev–Trinajstić information content (AvgIpc) is 2.94. The maximum atomic E-state index is 14.2. The highest BCUT2D eigenvalue weighted by atomic mass is 19.1. The van der Waals surface area contributed by atoms with Gasteiger partial charge in [0.1, 0.15) is 23.9 Å². The molecule has 3 aromatic rings. The molecule has 0 radical (unpaired) electrons. The van der Waals surface area contributed by atoms with Crippen molar-refractivity contribution in [1.29, 1.82) is 0 Å². The van der Waals surface area contributed by atoms with E-state index in [9.17, 15) is 14.0 Å². The lowest BCUT2D eigenvalue weighted by atomic mass is 9.95. The van der Waals surface area contributed by atoms with Gasteiger partial charge in [-0.3, -0.25) is 9.59 Å². The van der Waals surface area contributed by atoms with E-state index in [1.165, 1.54) is 37.3 Å². The first-order chi connectivity index (χ1) is 15.0.